The van der Waals surface area contributed by atoms with Gasteiger partial charge in [-0.25, -0.2) is 14.4 Å². The maximum Gasteiger partial charge on any atom is 0.343 e. The van der Waals surface area contributed by atoms with Crippen LogP contribution in [0.4, 0.5) is 0 Å². The second kappa shape index (κ2) is 19.5. The molecule has 50 heavy (non-hydrogen) atoms. The Hall–Kier alpha value is -5.50. The van der Waals surface area contributed by atoms with Crippen molar-refractivity contribution in [1.29, 1.82) is 0 Å². The van der Waals surface area contributed by atoms with Gasteiger partial charge in [-0.3, -0.25) is 4.79 Å². The van der Waals surface area contributed by atoms with E-state index >= 15 is 0 Å². The number of allylic oxidation sites excluding steroid dienone is 1. The molecule has 0 radical (unpaired) electrons. The molecule has 8 heteroatoms. The van der Waals surface area contributed by atoms with Crippen molar-refractivity contribution in [3.63, 3.8) is 0 Å². The summed E-state index contributed by atoms with van der Waals surface area (Å²) in [4.78, 5) is 50.2. The van der Waals surface area contributed by atoms with Crippen LogP contribution >= 0.6 is 0 Å². The maximum absolute atomic E-state index is 12.9. The van der Waals surface area contributed by atoms with Gasteiger partial charge in [-0.05, 0) is 103 Å². The van der Waals surface area contributed by atoms with Crippen molar-refractivity contribution in [3.05, 3.63) is 126 Å². The zero-order valence-corrected chi connectivity index (χ0v) is 28.7. The number of ether oxygens (including phenoxy) is 4. The first-order valence-corrected chi connectivity index (χ1v) is 17.1. The molecule has 0 fully saturated rings. The first-order chi connectivity index (χ1) is 24.2. The van der Waals surface area contributed by atoms with E-state index in [-0.39, 0.29) is 28.9 Å². The van der Waals surface area contributed by atoms with Crippen LogP contribution < -0.4 is 14.2 Å². The third-order valence-electron chi connectivity index (χ3n) is 8.11. The second-order valence-corrected chi connectivity index (χ2v) is 12.1. The first-order valence-electron chi connectivity index (χ1n) is 17.1. The minimum absolute atomic E-state index is 0.182. The summed E-state index contributed by atoms with van der Waals surface area (Å²) in [6.45, 7) is 8.10. The molecule has 0 saturated heterocycles. The van der Waals surface area contributed by atoms with Crippen molar-refractivity contribution in [1.82, 2.24) is 0 Å². The normalized spacial score (nSPS) is 11.2. The molecule has 0 aromatic heterocycles. The van der Waals surface area contributed by atoms with Gasteiger partial charge in [0, 0.05) is 6.42 Å². The predicted molar refractivity (Wildman–Crippen MR) is 193 cm³/mol. The quantitative estimate of drug-likeness (QED) is 0.0444. The molecule has 0 unspecified atom stereocenters. The van der Waals surface area contributed by atoms with Gasteiger partial charge in [-0.15, -0.1) is 6.58 Å². The molecule has 0 aliphatic carbocycles. The fraction of sp³-hybridized carbons (Fsp3) is 0.286. The average molecular weight is 677 g/mol. The summed E-state index contributed by atoms with van der Waals surface area (Å²) < 4.78 is 21.8. The molecule has 0 aliphatic heterocycles. The molecule has 4 rings (SSSR count). The first kappa shape index (κ1) is 37.3. The van der Waals surface area contributed by atoms with Gasteiger partial charge in [0.2, 0.25) is 0 Å². The second-order valence-electron chi connectivity index (χ2n) is 12.1. The summed E-state index contributed by atoms with van der Waals surface area (Å²) in [6, 6.07) is 26.4. The number of benzene rings is 4. The number of carbonyl (C=O) groups excluding carboxylic acids is 4. The van der Waals surface area contributed by atoms with Gasteiger partial charge in [0.25, 0.3) is 0 Å². The molecule has 0 aliphatic rings. The van der Waals surface area contributed by atoms with Gasteiger partial charge in [0.15, 0.2) is 0 Å². The lowest BCUT2D eigenvalue weighted by Gasteiger charge is -2.10. The molecule has 0 bridgehead atoms. The third-order valence-corrected chi connectivity index (χ3v) is 8.11. The molecule has 8 nitrogen and oxygen atoms in total. The molecule has 1 atom stereocenters. The lowest BCUT2D eigenvalue weighted by Crippen LogP contribution is -2.12. The Labute approximate surface area is 294 Å². The van der Waals surface area contributed by atoms with Gasteiger partial charge in [0.1, 0.15) is 17.2 Å². The summed E-state index contributed by atoms with van der Waals surface area (Å²) in [5.41, 5.74) is 2.64. The minimum atomic E-state index is -0.648. The summed E-state index contributed by atoms with van der Waals surface area (Å²) in [6.07, 6.45) is 9.48. The summed E-state index contributed by atoms with van der Waals surface area (Å²) in [5, 5.41) is 0. The smallest absolute Gasteiger partial charge is 0.343 e. The highest BCUT2D eigenvalue weighted by Crippen LogP contribution is 2.25. The fourth-order valence-electron chi connectivity index (χ4n) is 4.88. The SMILES string of the molecule is C=CCCCCCCCC(=O)Oc1ccc(-c2ccc(C(=O)Oc3cccc(C(=O)Oc4ccc(C(=O)OC[C@@H](C)CC)cc4)c3)cc2)cc1. The fourth-order valence-corrected chi connectivity index (χ4v) is 4.88. The number of unbranched alkanes of at least 4 members (excludes halogenated alkanes) is 5. The van der Waals surface area contributed by atoms with Gasteiger partial charge in [-0.1, -0.05) is 75.9 Å². The van der Waals surface area contributed by atoms with Crippen molar-refractivity contribution in [3.8, 4) is 28.4 Å². The number of hydrogen-bond donors (Lipinski definition) is 0. The highest BCUT2D eigenvalue weighted by molar-refractivity contribution is 5.94. The Kier molecular flexibility index (Phi) is 14.5. The molecule has 0 N–H and O–H groups in total. The van der Waals surface area contributed by atoms with Gasteiger partial charge >= 0.3 is 23.9 Å². The largest absolute Gasteiger partial charge is 0.462 e. The topological polar surface area (TPSA) is 105 Å². The average Bonchev–Trinajstić information content (AvgIpc) is 3.14. The van der Waals surface area contributed by atoms with Crippen LogP contribution in [0.15, 0.2) is 110 Å². The Morgan fingerprint density at radius 2 is 1.16 bits per heavy atom. The molecule has 0 saturated carbocycles. The zero-order valence-electron chi connectivity index (χ0n) is 28.7. The monoisotopic (exact) mass is 676 g/mol. The van der Waals surface area contributed by atoms with Crippen LogP contribution in [0.1, 0.15) is 96.3 Å². The van der Waals surface area contributed by atoms with Crippen LogP contribution in [0.2, 0.25) is 0 Å². The Balaban J connectivity index is 1.25. The van der Waals surface area contributed by atoms with Crippen molar-refractivity contribution in [2.75, 3.05) is 6.61 Å². The number of esters is 4. The van der Waals surface area contributed by atoms with E-state index in [1.807, 2.05) is 32.1 Å². The van der Waals surface area contributed by atoms with Crippen molar-refractivity contribution in [2.24, 2.45) is 5.92 Å². The highest BCUT2D eigenvalue weighted by Gasteiger charge is 2.15. The molecule has 0 spiro atoms. The molecule has 0 amide bonds. The van der Waals surface area contributed by atoms with Crippen LogP contribution in [0.3, 0.4) is 0 Å². The Morgan fingerprint density at radius 1 is 0.620 bits per heavy atom. The number of rotatable bonds is 18. The minimum Gasteiger partial charge on any atom is -0.462 e. The number of hydrogen-bond acceptors (Lipinski definition) is 8. The van der Waals surface area contributed by atoms with E-state index in [0.717, 1.165) is 56.1 Å². The van der Waals surface area contributed by atoms with E-state index < -0.39 is 17.9 Å². The van der Waals surface area contributed by atoms with Crippen molar-refractivity contribution < 1.29 is 38.1 Å². The van der Waals surface area contributed by atoms with Gasteiger partial charge in [-0.2, -0.15) is 0 Å². The van der Waals surface area contributed by atoms with Gasteiger partial charge in [0.05, 0.1) is 23.3 Å². The van der Waals surface area contributed by atoms with E-state index in [0.29, 0.717) is 29.9 Å². The summed E-state index contributed by atoms with van der Waals surface area (Å²) in [5.74, 6) is -0.715. The third kappa shape index (κ3) is 11.9. The van der Waals surface area contributed by atoms with E-state index in [1.54, 1.807) is 54.6 Å². The zero-order chi connectivity index (χ0) is 35.7. The molecule has 0 heterocycles. The standard InChI is InChI=1S/C42H44O8/c1-4-6-7-8-9-10-11-15-39(43)48-36-24-20-32(21-25-36)31-16-18-34(19-17-31)41(45)50-38-14-12-13-35(28-38)42(46)49-37-26-22-33(23-27-37)40(44)47-29-30(3)5-2/h4,12-14,16-28,30H,1,5-11,15,29H2,2-3H3/t30-/m0/s1. The lowest BCUT2D eigenvalue weighted by molar-refractivity contribution is -0.134. The predicted octanol–water partition coefficient (Wildman–Crippen LogP) is 9.82. The van der Waals surface area contributed by atoms with E-state index in [2.05, 4.69) is 6.58 Å². The van der Waals surface area contributed by atoms with Crippen LogP contribution in [-0.2, 0) is 9.53 Å². The highest BCUT2D eigenvalue weighted by atomic mass is 16.5. The summed E-state index contributed by atoms with van der Waals surface area (Å²) in [7, 11) is 0. The van der Waals surface area contributed by atoms with Crippen LogP contribution in [-0.4, -0.2) is 30.5 Å². The maximum atomic E-state index is 12.9. The van der Waals surface area contributed by atoms with Gasteiger partial charge < -0.3 is 18.9 Å². The van der Waals surface area contributed by atoms with E-state index in [1.165, 1.54) is 30.3 Å². The molecule has 4 aromatic rings. The van der Waals surface area contributed by atoms with E-state index in [4.69, 9.17) is 18.9 Å². The molecule has 4 aromatic carbocycles. The molecule has 260 valence electrons. The Bertz CT molecular complexity index is 1720. The van der Waals surface area contributed by atoms with Crippen LogP contribution in [0, 0.1) is 5.92 Å². The van der Waals surface area contributed by atoms with Crippen molar-refractivity contribution >= 4 is 23.9 Å². The van der Waals surface area contributed by atoms with Crippen LogP contribution in [0.25, 0.3) is 11.1 Å². The molecular weight excluding hydrogens is 632 g/mol. The van der Waals surface area contributed by atoms with Crippen LogP contribution in [0.5, 0.6) is 17.2 Å². The number of carbonyl (C=O) groups is 4. The molecular formula is C42H44O8. The summed E-state index contributed by atoms with van der Waals surface area (Å²) >= 11 is 0. The Morgan fingerprint density at radius 3 is 1.84 bits per heavy atom. The lowest BCUT2D eigenvalue weighted by atomic mass is 10.0. The van der Waals surface area contributed by atoms with E-state index in [9.17, 15) is 19.2 Å². The van der Waals surface area contributed by atoms with Crippen molar-refractivity contribution in [2.45, 2.75) is 65.2 Å².